The van der Waals surface area contributed by atoms with Crippen LogP contribution < -0.4 is 10.9 Å². The Morgan fingerprint density at radius 3 is 2.63 bits per heavy atom. The lowest BCUT2D eigenvalue weighted by Gasteiger charge is -2.18. The van der Waals surface area contributed by atoms with E-state index < -0.39 is 0 Å². The van der Waals surface area contributed by atoms with Gasteiger partial charge in [0.05, 0.1) is 16.7 Å². The molecule has 1 heterocycles. The van der Waals surface area contributed by atoms with Crippen molar-refractivity contribution in [1.82, 2.24) is 14.9 Å². The van der Waals surface area contributed by atoms with Gasteiger partial charge in [0.2, 0.25) is 5.91 Å². The monoisotopic (exact) mass is 385 g/mol. The highest BCUT2D eigenvalue weighted by molar-refractivity contribution is 7.99. The van der Waals surface area contributed by atoms with Gasteiger partial charge in [-0.3, -0.25) is 14.2 Å². The molecule has 2 aromatic rings. The minimum atomic E-state index is -0.00852. The van der Waals surface area contributed by atoms with E-state index in [9.17, 15) is 9.59 Å². The smallest absolute Gasteiger partial charge is 0.262 e. The van der Waals surface area contributed by atoms with Crippen molar-refractivity contribution in [3.8, 4) is 0 Å². The molecule has 0 saturated heterocycles. The summed E-state index contributed by atoms with van der Waals surface area (Å²) in [5.41, 5.74) is 0.692. The first kappa shape index (κ1) is 18.5. The molecule has 5 nitrogen and oxygen atoms in total. The number of amides is 1. The maximum Gasteiger partial charge on any atom is 0.262 e. The van der Waals surface area contributed by atoms with Gasteiger partial charge in [-0.05, 0) is 56.1 Å². The maximum absolute atomic E-state index is 12.9. The van der Waals surface area contributed by atoms with Gasteiger partial charge in [0.1, 0.15) is 0 Å². The molecular weight excluding hydrogens is 358 g/mol. The van der Waals surface area contributed by atoms with E-state index in [1.807, 2.05) is 24.3 Å². The van der Waals surface area contributed by atoms with Gasteiger partial charge in [-0.25, -0.2) is 4.98 Å². The van der Waals surface area contributed by atoms with Crippen molar-refractivity contribution in [2.75, 3.05) is 5.75 Å². The van der Waals surface area contributed by atoms with E-state index in [0.29, 0.717) is 46.2 Å². The summed E-state index contributed by atoms with van der Waals surface area (Å²) >= 11 is 1.38. The van der Waals surface area contributed by atoms with Crippen molar-refractivity contribution in [3.63, 3.8) is 0 Å². The highest BCUT2D eigenvalue weighted by Crippen LogP contribution is 2.44. The number of aromatic nitrogens is 2. The molecule has 1 aromatic carbocycles. The minimum Gasteiger partial charge on any atom is -0.352 e. The summed E-state index contributed by atoms with van der Waals surface area (Å²) in [7, 11) is 0. The molecule has 2 aliphatic rings. The van der Waals surface area contributed by atoms with E-state index in [4.69, 9.17) is 0 Å². The van der Waals surface area contributed by atoms with Crippen molar-refractivity contribution in [1.29, 1.82) is 0 Å². The largest absolute Gasteiger partial charge is 0.352 e. The molecule has 0 bridgehead atoms. The fourth-order valence-corrected chi connectivity index (χ4v) is 4.50. The summed E-state index contributed by atoms with van der Waals surface area (Å²) in [6.45, 7) is 2.75. The Balaban J connectivity index is 1.49. The number of para-hydroxylation sites is 1. The summed E-state index contributed by atoms with van der Waals surface area (Å²) in [5.74, 6) is 1.75. The molecule has 0 radical (unpaired) electrons. The molecule has 144 valence electrons. The number of carbonyl (C=O) groups is 1. The topological polar surface area (TPSA) is 64.0 Å². The first-order valence-electron chi connectivity index (χ1n) is 10.1. The number of hydrogen-bond acceptors (Lipinski definition) is 4. The zero-order chi connectivity index (χ0) is 18.8. The van der Waals surface area contributed by atoms with Gasteiger partial charge in [-0.15, -0.1) is 0 Å². The number of benzene rings is 1. The van der Waals surface area contributed by atoms with Gasteiger partial charge < -0.3 is 5.32 Å². The van der Waals surface area contributed by atoms with Crippen LogP contribution in [0.5, 0.6) is 0 Å². The maximum atomic E-state index is 12.9. The molecule has 0 atom stereocenters. The molecule has 2 fully saturated rings. The number of fused-ring (bicyclic) bond motifs is 1. The summed E-state index contributed by atoms with van der Waals surface area (Å²) in [6, 6.07) is 7.81. The Kier molecular flexibility index (Phi) is 5.53. The zero-order valence-electron chi connectivity index (χ0n) is 15.8. The molecule has 4 rings (SSSR count). The number of nitrogens with zero attached hydrogens (tertiary/aromatic N) is 2. The Morgan fingerprint density at radius 2 is 1.96 bits per heavy atom. The molecule has 1 amide bonds. The van der Waals surface area contributed by atoms with Crippen LogP contribution in [-0.2, 0) is 11.3 Å². The van der Waals surface area contributed by atoms with Gasteiger partial charge in [0.15, 0.2) is 5.16 Å². The molecule has 0 unspecified atom stereocenters. The van der Waals surface area contributed by atoms with Crippen molar-refractivity contribution >= 4 is 28.6 Å². The molecule has 0 aliphatic heterocycles. The van der Waals surface area contributed by atoms with Crippen molar-refractivity contribution in [2.45, 2.75) is 63.2 Å². The standard InChI is InChI=1S/C21H27N3O2S/c1-2-3-12-24-20(26)16-6-4-5-7-17(16)22-21(24)27-13-18(25)23-19(14-8-9-14)15-10-11-15/h4-7,14-15,19H,2-3,8-13H2,1H3,(H,23,25). The van der Waals surface area contributed by atoms with E-state index in [2.05, 4.69) is 17.2 Å². The third-order valence-corrected chi connectivity index (χ3v) is 6.46. The van der Waals surface area contributed by atoms with Crippen molar-refractivity contribution < 1.29 is 4.79 Å². The second kappa shape index (κ2) is 8.05. The fourth-order valence-electron chi connectivity index (χ4n) is 3.66. The molecule has 2 saturated carbocycles. The second-order valence-electron chi connectivity index (χ2n) is 7.78. The highest BCUT2D eigenvalue weighted by atomic mass is 32.2. The summed E-state index contributed by atoms with van der Waals surface area (Å²) < 4.78 is 1.74. The normalized spacial score (nSPS) is 16.8. The quantitative estimate of drug-likeness (QED) is 0.529. The van der Waals surface area contributed by atoms with Gasteiger partial charge in [0.25, 0.3) is 5.56 Å². The number of rotatable bonds is 9. The van der Waals surface area contributed by atoms with E-state index in [-0.39, 0.29) is 11.5 Å². The third kappa shape index (κ3) is 4.37. The van der Waals surface area contributed by atoms with Crippen molar-refractivity contribution in [3.05, 3.63) is 34.6 Å². The molecule has 1 N–H and O–H groups in total. The molecular formula is C21H27N3O2S. The third-order valence-electron chi connectivity index (χ3n) is 5.48. The van der Waals surface area contributed by atoms with Crippen LogP contribution in [0.3, 0.4) is 0 Å². The molecule has 0 spiro atoms. The van der Waals surface area contributed by atoms with Gasteiger partial charge >= 0.3 is 0 Å². The van der Waals surface area contributed by atoms with Crippen LogP contribution in [0.4, 0.5) is 0 Å². The first-order chi connectivity index (χ1) is 13.2. The minimum absolute atomic E-state index is 0.00852. The van der Waals surface area contributed by atoms with Crippen LogP contribution in [0, 0.1) is 11.8 Å². The average molecular weight is 386 g/mol. The number of carbonyl (C=O) groups excluding carboxylic acids is 1. The summed E-state index contributed by atoms with van der Waals surface area (Å²) in [5, 5.41) is 4.54. The Hall–Kier alpha value is -1.82. The number of unbranched alkanes of at least 4 members (excludes halogenated alkanes) is 1. The SMILES string of the molecule is CCCCn1c(SCC(=O)NC(C2CC2)C2CC2)nc2ccccc2c1=O. The molecule has 27 heavy (non-hydrogen) atoms. The van der Waals surface area contributed by atoms with Crippen LogP contribution in [0.15, 0.2) is 34.2 Å². The lowest BCUT2D eigenvalue weighted by atomic mass is 10.1. The first-order valence-corrected chi connectivity index (χ1v) is 11.1. The number of thioether (sulfide) groups is 1. The number of nitrogens with one attached hydrogen (secondary N) is 1. The zero-order valence-corrected chi connectivity index (χ0v) is 16.6. The fraction of sp³-hybridized carbons (Fsp3) is 0.571. The van der Waals surface area contributed by atoms with E-state index >= 15 is 0 Å². The van der Waals surface area contributed by atoms with Crippen LogP contribution in [0.2, 0.25) is 0 Å². The van der Waals surface area contributed by atoms with Crippen molar-refractivity contribution in [2.24, 2.45) is 11.8 Å². The van der Waals surface area contributed by atoms with Crippen LogP contribution in [-0.4, -0.2) is 27.3 Å². The summed E-state index contributed by atoms with van der Waals surface area (Å²) in [4.78, 5) is 30.1. The van der Waals surface area contributed by atoms with E-state index in [0.717, 1.165) is 12.8 Å². The van der Waals surface area contributed by atoms with E-state index in [1.165, 1.54) is 37.4 Å². The van der Waals surface area contributed by atoms with Gasteiger partial charge in [0, 0.05) is 12.6 Å². The average Bonchev–Trinajstić information content (AvgIpc) is 3.56. The Labute approximate surface area is 163 Å². The van der Waals surface area contributed by atoms with Crippen LogP contribution in [0.1, 0.15) is 45.4 Å². The lowest BCUT2D eigenvalue weighted by molar-refractivity contribution is -0.119. The van der Waals surface area contributed by atoms with Crippen LogP contribution in [0.25, 0.3) is 10.9 Å². The predicted octanol–water partition coefficient (Wildman–Crippen LogP) is 3.59. The van der Waals surface area contributed by atoms with E-state index in [1.54, 1.807) is 4.57 Å². The highest BCUT2D eigenvalue weighted by Gasteiger charge is 2.42. The van der Waals surface area contributed by atoms with Crippen LogP contribution >= 0.6 is 11.8 Å². The van der Waals surface area contributed by atoms with Gasteiger partial charge in [-0.1, -0.05) is 37.2 Å². The molecule has 6 heteroatoms. The Bertz CT molecular complexity index is 875. The lowest BCUT2D eigenvalue weighted by Crippen LogP contribution is -2.39. The summed E-state index contributed by atoms with van der Waals surface area (Å²) in [6.07, 6.45) is 6.92. The predicted molar refractivity (Wildman–Crippen MR) is 109 cm³/mol. The number of hydrogen-bond donors (Lipinski definition) is 1. The van der Waals surface area contributed by atoms with Gasteiger partial charge in [-0.2, -0.15) is 0 Å². The molecule has 2 aliphatic carbocycles. The Morgan fingerprint density at radius 1 is 1.26 bits per heavy atom. The molecule has 1 aromatic heterocycles. The second-order valence-corrected chi connectivity index (χ2v) is 8.72.